The van der Waals surface area contributed by atoms with E-state index in [0.29, 0.717) is 6.42 Å². The van der Waals surface area contributed by atoms with Crippen LogP contribution >= 0.6 is 0 Å². The first-order valence-electron chi connectivity index (χ1n) is 4.19. The third-order valence-electron chi connectivity index (χ3n) is 1.72. The molecule has 0 aromatic carbocycles. The van der Waals surface area contributed by atoms with Gasteiger partial charge in [0.25, 0.3) is 0 Å². The average molecular weight is 154 g/mol. The van der Waals surface area contributed by atoms with Crippen molar-refractivity contribution in [2.75, 3.05) is 0 Å². The normalized spacial score (nSPS) is 24.5. The van der Waals surface area contributed by atoms with Crippen LogP contribution in [-0.4, -0.2) is 12.1 Å². The monoisotopic (exact) mass is 154 g/mol. The number of hydrogen-bond donors (Lipinski definition) is 0. The Morgan fingerprint density at radius 3 is 3.27 bits per heavy atom. The van der Waals surface area contributed by atoms with Gasteiger partial charge in [-0.3, -0.25) is 4.79 Å². The average Bonchev–Trinajstić information content (AvgIpc) is 2.15. The fourth-order valence-corrected chi connectivity index (χ4v) is 1.16. The van der Waals surface area contributed by atoms with Crippen molar-refractivity contribution in [1.29, 1.82) is 0 Å². The standard InChI is InChI=1S/C9H14O2/c1-2-5-8-6-3-4-7-9(10)11-8/h3,6,8H,2,4-5,7H2,1H3. The second-order valence-electron chi connectivity index (χ2n) is 2.78. The Bertz CT molecular complexity index is 161. The molecule has 0 aliphatic carbocycles. The molecule has 0 N–H and O–H groups in total. The Balaban J connectivity index is 2.43. The molecule has 2 nitrogen and oxygen atoms in total. The maximum atomic E-state index is 10.9. The molecule has 0 aromatic heterocycles. The highest BCUT2D eigenvalue weighted by Crippen LogP contribution is 2.11. The van der Waals surface area contributed by atoms with Crippen molar-refractivity contribution in [3.8, 4) is 0 Å². The Labute approximate surface area is 67.2 Å². The highest BCUT2D eigenvalue weighted by molar-refractivity contribution is 5.70. The van der Waals surface area contributed by atoms with Crippen LogP contribution in [-0.2, 0) is 9.53 Å². The zero-order valence-corrected chi connectivity index (χ0v) is 6.88. The van der Waals surface area contributed by atoms with Crippen LogP contribution in [0.5, 0.6) is 0 Å². The number of allylic oxidation sites excluding steroid dienone is 1. The van der Waals surface area contributed by atoms with Crippen LogP contribution in [0.15, 0.2) is 12.2 Å². The molecule has 0 radical (unpaired) electrons. The number of hydrogen-bond acceptors (Lipinski definition) is 2. The zero-order valence-electron chi connectivity index (χ0n) is 6.88. The van der Waals surface area contributed by atoms with E-state index < -0.39 is 0 Å². The van der Waals surface area contributed by atoms with Crippen LogP contribution in [0.3, 0.4) is 0 Å². The van der Waals surface area contributed by atoms with Gasteiger partial charge in [-0.1, -0.05) is 19.4 Å². The van der Waals surface area contributed by atoms with Crippen LogP contribution < -0.4 is 0 Å². The molecule has 0 fully saturated rings. The predicted octanol–water partition coefficient (Wildman–Crippen LogP) is 2.05. The molecule has 1 atom stereocenters. The Hall–Kier alpha value is -0.790. The Morgan fingerprint density at radius 2 is 2.55 bits per heavy atom. The highest BCUT2D eigenvalue weighted by Gasteiger charge is 2.12. The lowest BCUT2D eigenvalue weighted by molar-refractivity contribution is -0.146. The van der Waals surface area contributed by atoms with Gasteiger partial charge < -0.3 is 4.74 Å². The summed E-state index contributed by atoms with van der Waals surface area (Å²) in [6, 6.07) is 0. The zero-order chi connectivity index (χ0) is 8.10. The topological polar surface area (TPSA) is 26.3 Å². The lowest BCUT2D eigenvalue weighted by Gasteiger charge is -2.10. The van der Waals surface area contributed by atoms with E-state index in [-0.39, 0.29) is 12.1 Å². The van der Waals surface area contributed by atoms with Crippen molar-refractivity contribution in [2.24, 2.45) is 0 Å². The number of esters is 1. The first-order chi connectivity index (χ1) is 5.33. The Kier molecular flexibility index (Phi) is 3.14. The van der Waals surface area contributed by atoms with Gasteiger partial charge in [0, 0.05) is 6.42 Å². The molecule has 2 heteroatoms. The summed E-state index contributed by atoms with van der Waals surface area (Å²) in [6.45, 7) is 2.09. The van der Waals surface area contributed by atoms with Gasteiger partial charge in [-0.05, 0) is 18.9 Å². The molecule has 1 unspecified atom stereocenters. The lowest BCUT2D eigenvalue weighted by atomic mass is 10.2. The van der Waals surface area contributed by atoms with Gasteiger partial charge >= 0.3 is 5.97 Å². The Morgan fingerprint density at radius 1 is 1.73 bits per heavy atom. The highest BCUT2D eigenvalue weighted by atomic mass is 16.5. The fraction of sp³-hybridized carbons (Fsp3) is 0.667. The first kappa shape index (κ1) is 8.31. The second kappa shape index (κ2) is 4.16. The summed E-state index contributed by atoms with van der Waals surface area (Å²) in [5, 5.41) is 0. The molecule has 1 aliphatic rings. The van der Waals surface area contributed by atoms with Crippen LogP contribution in [0.4, 0.5) is 0 Å². The third kappa shape index (κ3) is 2.74. The van der Waals surface area contributed by atoms with E-state index in [2.05, 4.69) is 6.92 Å². The first-order valence-corrected chi connectivity index (χ1v) is 4.19. The lowest BCUT2D eigenvalue weighted by Crippen LogP contribution is -2.13. The van der Waals surface area contributed by atoms with Gasteiger partial charge in [-0.2, -0.15) is 0 Å². The number of cyclic esters (lactones) is 1. The number of rotatable bonds is 2. The molecule has 0 spiro atoms. The molecular weight excluding hydrogens is 140 g/mol. The van der Waals surface area contributed by atoms with Gasteiger partial charge in [-0.25, -0.2) is 0 Å². The summed E-state index contributed by atoms with van der Waals surface area (Å²) >= 11 is 0. The van der Waals surface area contributed by atoms with Crippen molar-refractivity contribution < 1.29 is 9.53 Å². The van der Waals surface area contributed by atoms with Crippen LogP contribution in [0.25, 0.3) is 0 Å². The van der Waals surface area contributed by atoms with E-state index in [1.54, 1.807) is 0 Å². The van der Waals surface area contributed by atoms with Crippen LogP contribution in [0.2, 0.25) is 0 Å². The maximum absolute atomic E-state index is 10.9. The third-order valence-corrected chi connectivity index (χ3v) is 1.72. The summed E-state index contributed by atoms with van der Waals surface area (Å²) in [5.41, 5.74) is 0. The summed E-state index contributed by atoms with van der Waals surface area (Å²) in [5.74, 6) is -0.0616. The molecule has 1 rings (SSSR count). The smallest absolute Gasteiger partial charge is 0.306 e. The molecule has 62 valence electrons. The van der Waals surface area contributed by atoms with Gasteiger partial charge in [0.05, 0.1) is 0 Å². The van der Waals surface area contributed by atoms with Gasteiger partial charge in [0.1, 0.15) is 6.10 Å². The molecule has 0 saturated carbocycles. The number of carbonyl (C=O) groups excluding carboxylic acids is 1. The quantitative estimate of drug-likeness (QED) is 0.449. The SMILES string of the molecule is CCCC1C=CCCC(=O)O1. The van der Waals surface area contributed by atoms with Gasteiger partial charge in [-0.15, -0.1) is 0 Å². The number of ether oxygens (including phenoxy) is 1. The van der Waals surface area contributed by atoms with Crippen molar-refractivity contribution in [1.82, 2.24) is 0 Å². The van der Waals surface area contributed by atoms with E-state index in [1.165, 1.54) is 0 Å². The van der Waals surface area contributed by atoms with Crippen molar-refractivity contribution >= 4 is 5.97 Å². The van der Waals surface area contributed by atoms with E-state index in [0.717, 1.165) is 19.3 Å². The molecule has 0 aromatic rings. The van der Waals surface area contributed by atoms with Crippen molar-refractivity contribution in [3.63, 3.8) is 0 Å². The minimum Gasteiger partial charge on any atom is -0.458 e. The maximum Gasteiger partial charge on any atom is 0.306 e. The summed E-state index contributed by atoms with van der Waals surface area (Å²) in [6.07, 6.45) is 7.44. The van der Waals surface area contributed by atoms with Crippen LogP contribution in [0.1, 0.15) is 32.6 Å². The largest absolute Gasteiger partial charge is 0.458 e. The minimum atomic E-state index is -0.0616. The molecule has 0 bridgehead atoms. The summed E-state index contributed by atoms with van der Waals surface area (Å²) in [7, 11) is 0. The summed E-state index contributed by atoms with van der Waals surface area (Å²) < 4.78 is 5.13. The van der Waals surface area contributed by atoms with Crippen LogP contribution in [0, 0.1) is 0 Å². The van der Waals surface area contributed by atoms with E-state index >= 15 is 0 Å². The van der Waals surface area contributed by atoms with Crippen molar-refractivity contribution in [3.05, 3.63) is 12.2 Å². The molecule has 11 heavy (non-hydrogen) atoms. The van der Waals surface area contributed by atoms with Gasteiger partial charge in [0.2, 0.25) is 0 Å². The number of carbonyl (C=O) groups is 1. The summed E-state index contributed by atoms with van der Waals surface area (Å²) in [4.78, 5) is 10.9. The second-order valence-corrected chi connectivity index (χ2v) is 2.78. The molecule has 1 heterocycles. The predicted molar refractivity (Wildman–Crippen MR) is 43.2 cm³/mol. The minimum absolute atomic E-state index is 0.0370. The van der Waals surface area contributed by atoms with Gasteiger partial charge in [0.15, 0.2) is 0 Å². The van der Waals surface area contributed by atoms with E-state index in [9.17, 15) is 4.79 Å². The fourth-order valence-electron chi connectivity index (χ4n) is 1.16. The molecular formula is C9H14O2. The van der Waals surface area contributed by atoms with Crippen molar-refractivity contribution in [2.45, 2.75) is 38.7 Å². The van der Waals surface area contributed by atoms with E-state index in [1.807, 2.05) is 12.2 Å². The molecule has 0 saturated heterocycles. The molecule has 1 aliphatic heterocycles. The molecule has 0 amide bonds. The van der Waals surface area contributed by atoms with E-state index in [4.69, 9.17) is 4.74 Å².